The van der Waals surface area contributed by atoms with Crippen molar-refractivity contribution in [3.63, 3.8) is 0 Å². The number of rotatable bonds is 4. The van der Waals surface area contributed by atoms with Crippen LogP contribution in [0.1, 0.15) is 30.4 Å². The molecule has 3 rings (SSSR count). The Bertz CT molecular complexity index is 828. The highest BCUT2D eigenvalue weighted by Gasteiger charge is 2.20. The minimum Gasteiger partial charge on any atom is -0.497 e. The molecule has 3 heteroatoms. The van der Waals surface area contributed by atoms with Crippen molar-refractivity contribution in [1.82, 2.24) is 0 Å². The number of carbonyl (C=O) groups excluding carboxylic acids is 1. The summed E-state index contributed by atoms with van der Waals surface area (Å²) in [5, 5.41) is 0. The first-order valence-electron chi connectivity index (χ1n) is 8.94. The Balaban J connectivity index is 1.81. The van der Waals surface area contributed by atoms with Crippen LogP contribution >= 0.6 is 0 Å². The van der Waals surface area contributed by atoms with Crippen molar-refractivity contribution in [3.8, 4) is 5.75 Å². The molecule has 0 aliphatic heterocycles. The van der Waals surface area contributed by atoms with E-state index in [1.54, 1.807) is 7.11 Å². The summed E-state index contributed by atoms with van der Waals surface area (Å²) >= 11 is 0. The van der Waals surface area contributed by atoms with Crippen molar-refractivity contribution in [2.45, 2.75) is 19.3 Å². The van der Waals surface area contributed by atoms with Gasteiger partial charge in [-0.05, 0) is 66.8 Å². The first kappa shape index (κ1) is 18.0. The molecule has 0 heterocycles. The van der Waals surface area contributed by atoms with Crippen LogP contribution in [-0.2, 0) is 4.79 Å². The summed E-state index contributed by atoms with van der Waals surface area (Å²) < 4.78 is 5.19. The van der Waals surface area contributed by atoms with Gasteiger partial charge in [0.15, 0.2) is 5.78 Å². The van der Waals surface area contributed by atoms with Crippen molar-refractivity contribution in [1.29, 1.82) is 0 Å². The molecule has 0 unspecified atom stereocenters. The second-order valence-electron chi connectivity index (χ2n) is 6.78. The Morgan fingerprint density at radius 2 is 1.35 bits per heavy atom. The topological polar surface area (TPSA) is 29.5 Å². The summed E-state index contributed by atoms with van der Waals surface area (Å²) in [5.74, 6) is 0.993. The summed E-state index contributed by atoms with van der Waals surface area (Å²) in [5.41, 5.74) is 5.05. The molecule has 1 aliphatic rings. The van der Waals surface area contributed by atoms with Crippen LogP contribution in [-0.4, -0.2) is 27.0 Å². The first-order chi connectivity index (χ1) is 12.6. The number of nitrogens with zero attached hydrogens (tertiary/aromatic N) is 1. The van der Waals surface area contributed by atoms with Gasteiger partial charge in [0.05, 0.1) is 7.11 Å². The molecule has 3 nitrogen and oxygen atoms in total. The van der Waals surface area contributed by atoms with E-state index in [9.17, 15) is 4.79 Å². The Labute approximate surface area is 155 Å². The van der Waals surface area contributed by atoms with Crippen LogP contribution in [0, 0.1) is 0 Å². The minimum atomic E-state index is 0.170. The van der Waals surface area contributed by atoms with Gasteiger partial charge in [-0.3, -0.25) is 4.79 Å². The molecule has 0 atom stereocenters. The summed E-state index contributed by atoms with van der Waals surface area (Å²) in [6.45, 7) is 0. The third-order valence-electron chi connectivity index (χ3n) is 4.68. The van der Waals surface area contributed by atoms with Crippen LogP contribution in [0.5, 0.6) is 5.75 Å². The minimum absolute atomic E-state index is 0.170. The summed E-state index contributed by atoms with van der Waals surface area (Å²) in [6.07, 6.45) is 6.72. The predicted octanol–water partition coefficient (Wildman–Crippen LogP) is 4.98. The van der Waals surface area contributed by atoms with Gasteiger partial charge in [0.1, 0.15) is 5.75 Å². The van der Waals surface area contributed by atoms with Crippen molar-refractivity contribution < 1.29 is 9.53 Å². The molecular formula is C23H25NO2. The zero-order valence-electron chi connectivity index (χ0n) is 15.7. The lowest BCUT2D eigenvalue weighted by Crippen LogP contribution is -2.12. The lowest BCUT2D eigenvalue weighted by molar-refractivity contribution is -0.112. The molecule has 0 bridgehead atoms. The zero-order chi connectivity index (χ0) is 18.5. The molecule has 1 saturated carbocycles. The van der Waals surface area contributed by atoms with E-state index in [2.05, 4.69) is 29.2 Å². The van der Waals surface area contributed by atoms with E-state index in [0.29, 0.717) is 0 Å². The van der Waals surface area contributed by atoms with Gasteiger partial charge in [-0.25, -0.2) is 0 Å². The highest BCUT2D eigenvalue weighted by Crippen LogP contribution is 2.28. The Morgan fingerprint density at radius 1 is 0.846 bits per heavy atom. The van der Waals surface area contributed by atoms with E-state index in [1.165, 1.54) is 0 Å². The van der Waals surface area contributed by atoms with Crippen LogP contribution in [0.2, 0.25) is 0 Å². The van der Waals surface area contributed by atoms with Gasteiger partial charge in [-0.2, -0.15) is 0 Å². The van der Waals surface area contributed by atoms with Crippen molar-refractivity contribution in [2.75, 3.05) is 26.1 Å². The molecule has 134 valence electrons. The molecule has 0 N–H and O–H groups in total. The number of hydrogen-bond acceptors (Lipinski definition) is 3. The lowest BCUT2D eigenvalue weighted by Gasteiger charge is -2.17. The van der Waals surface area contributed by atoms with Crippen molar-refractivity contribution >= 4 is 23.6 Å². The molecule has 1 aliphatic carbocycles. The highest BCUT2D eigenvalue weighted by molar-refractivity contribution is 6.13. The van der Waals surface area contributed by atoms with Gasteiger partial charge in [0, 0.05) is 30.9 Å². The fraction of sp³-hybridized carbons (Fsp3) is 0.261. The number of anilines is 1. The first-order valence-corrected chi connectivity index (χ1v) is 8.94. The fourth-order valence-electron chi connectivity index (χ4n) is 3.15. The standard InChI is InChI=1S/C23H25NO2/c1-24(2)21-11-7-17(8-12-21)15-19-5-4-6-20(23(19)25)16-18-9-13-22(26-3)14-10-18/h7-16H,4-6H2,1-3H3/b19-15+,20-16+. The number of ether oxygens (including phenoxy) is 1. The van der Waals surface area contributed by atoms with E-state index >= 15 is 0 Å². The lowest BCUT2D eigenvalue weighted by atomic mass is 9.87. The third-order valence-corrected chi connectivity index (χ3v) is 4.68. The van der Waals surface area contributed by atoms with Gasteiger partial charge in [0.2, 0.25) is 0 Å². The normalized spacial score (nSPS) is 17.6. The number of ketones is 1. The fourth-order valence-corrected chi connectivity index (χ4v) is 3.15. The SMILES string of the molecule is COc1ccc(/C=C2\CCC/C(=C\c3ccc(N(C)C)cc3)C2=O)cc1. The van der Waals surface area contributed by atoms with Crippen LogP contribution in [0.15, 0.2) is 59.7 Å². The van der Waals surface area contributed by atoms with Crippen molar-refractivity contribution in [2.24, 2.45) is 0 Å². The molecule has 0 spiro atoms. The molecule has 2 aromatic carbocycles. The maximum atomic E-state index is 12.9. The van der Waals surface area contributed by atoms with Crippen molar-refractivity contribution in [3.05, 3.63) is 70.8 Å². The second kappa shape index (κ2) is 8.05. The van der Waals surface area contributed by atoms with Gasteiger partial charge >= 0.3 is 0 Å². The van der Waals surface area contributed by atoms with Crippen LogP contribution in [0.25, 0.3) is 12.2 Å². The Morgan fingerprint density at radius 3 is 1.81 bits per heavy atom. The molecule has 0 saturated heterocycles. The number of benzene rings is 2. The van der Waals surface area contributed by atoms with Crippen LogP contribution in [0.4, 0.5) is 5.69 Å². The molecule has 1 fully saturated rings. The smallest absolute Gasteiger partial charge is 0.185 e. The number of hydrogen-bond donors (Lipinski definition) is 0. The maximum Gasteiger partial charge on any atom is 0.185 e. The number of Topliss-reactive ketones (excluding diaryl/α,β-unsaturated/α-hetero) is 1. The average Bonchev–Trinajstić information content (AvgIpc) is 2.66. The molecule has 0 amide bonds. The third kappa shape index (κ3) is 4.23. The molecule has 2 aromatic rings. The van der Waals surface area contributed by atoms with Gasteiger partial charge < -0.3 is 9.64 Å². The maximum absolute atomic E-state index is 12.9. The zero-order valence-corrected chi connectivity index (χ0v) is 15.7. The Hall–Kier alpha value is -2.81. The Kier molecular flexibility index (Phi) is 5.57. The number of carbonyl (C=O) groups is 1. The number of allylic oxidation sites excluding steroid dienone is 2. The molecule has 0 aromatic heterocycles. The largest absolute Gasteiger partial charge is 0.497 e. The highest BCUT2D eigenvalue weighted by atomic mass is 16.5. The summed E-state index contributed by atoms with van der Waals surface area (Å²) in [4.78, 5) is 14.9. The number of methoxy groups -OCH3 is 1. The quantitative estimate of drug-likeness (QED) is 0.731. The second-order valence-corrected chi connectivity index (χ2v) is 6.78. The van der Waals surface area contributed by atoms with E-state index in [4.69, 9.17) is 4.74 Å². The van der Waals surface area contributed by atoms with Gasteiger partial charge in [0.25, 0.3) is 0 Å². The predicted molar refractivity (Wildman–Crippen MR) is 109 cm³/mol. The molecule has 0 radical (unpaired) electrons. The van der Waals surface area contributed by atoms with E-state index in [0.717, 1.165) is 53.0 Å². The van der Waals surface area contributed by atoms with Gasteiger partial charge in [-0.15, -0.1) is 0 Å². The van der Waals surface area contributed by atoms with E-state index < -0.39 is 0 Å². The summed E-state index contributed by atoms with van der Waals surface area (Å²) in [7, 11) is 5.70. The molecule has 26 heavy (non-hydrogen) atoms. The van der Waals surface area contributed by atoms with Gasteiger partial charge in [-0.1, -0.05) is 24.3 Å². The monoisotopic (exact) mass is 347 g/mol. The summed E-state index contributed by atoms with van der Waals surface area (Å²) in [6, 6.07) is 16.1. The molecular weight excluding hydrogens is 322 g/mol. The van der Waals surface area contributed by atoms with E-state index in [-0.39, 0.29) is 5.78 Å². The van der Waals surface area contributed by atoms with Crippen LogP contribution in [0.3, 0.4) is 0 Å². The average molecular weight is 347 g/mol. The van der Waals surface area contributed by atoms with E-state index in [1.807, 2.05) is 50.5 Å². The van der Waals surface area contributed by atoms with Crippen LogP contribution < -0.4 is 9.64 Å².